The standard InChI is InChI=1S/C14H15ClFNO3/c15-11-5-4-9(7-12(11)16)14(20)17-6-2-1-3-10(17)8-13(18)19/h4-5,7,10H,1-3,6,8H2,(H,18,19). The highest BCUT2D eigenvalue weighted by Crippen LogP contribution is 2.23. The van der Waals surface area contributed by atoms with E-state index in [1.165, 1.54) is 17.0 Å². The van der Waals surface area contributed by atoms with Crippen LogP contribution in [0.3, 0.4) is 0 Å². The SMILES string of the molecule is O=C(O)CC1CCCCN1C(=O)c1ccc(Cl)c(F)c1. The van der Waals surface area contributed by atoms with Gasteiger partial charge in [-0.25, -0.2) is 4.39 Å². The molecule has 1 unspecified atom stereocenters. The number of carboxylic acid groups (broad SMARTS) is 1. The molecular weight excluding hydrogens is 285 g/mol. The number of carbonyl (C=O) groups is 2. The van der Waals surface area contributed by atoms with Crippen LogP contribution >= 0.6 is 11.6 Å². The molecule has 1 aliphatic heterocycles. The number of piperidine rings is 1. The molecule has 2 rings (SSSR count). The smallest absolute Gasteiger partial charge is 0.305 e. The summed E-state index contributed by atoms with van der Waals surface area (Å²) >= 11 is 5.59. The van der Waals surface area contributed by atoms with Crippen LogP contribution in [-0.2, 0) is 4.79 Å². The lowest BCUT2D eigenvalue weighted by atomic mass is 9.98. The minimum Gasteiger partial charge on any atom is -0.481 e. The van der Waals surface area contributed by atoms with Crippen LogP contribution in [0, 0.1) is 5.82 Å². The molecule has 1 aromatic rings. The first-order valence-corrected chi connectivity index (χ1v) is 6.84. The van der Waals surface area contributed by atoms with Crippen LogP contribution in [0.1, 0.15) is 36.0 Å². The number of nitrogens with zero attached hydrogens (tertiary/aromatic N) is 1. The summed E-state index contributed by atoms with van der Waals surface area (Å²) in [6.07, 6.45) is 2.31. The fraction of sp³-hybridized carbons (Fsp3) is 0.429. The highest BCUT2D eigenvalue weighted by atomic mass is 35.5. The molecule has 0 saturated carbocycles. The first kappa shape index (κ1) is 14.8. The van der Waals surface area contributed by atoms with Gasteiger partial charge < -0.3 is 10.0 Å². The van der Waals surface area contributed by atoms with E-state index in [9.17, 15) is 14.0 Å². The molecule has 20 heavy (non-hydrogen) atoms. The van der Waals surface area contributed by atoms with Crippen molar-refractivity contribution >= 4 is 23.5 Å². The van der Waals surface area contributed by atoms with Crippen molar-refractivity contribution in [2.45, 2.75) is 31.7 Å². The van der Waals surface area contributed by atoms with Crippen LogP contribution < -0.4 is 0 Å². The Labute approximate surface area is 121 Å². The fourth-order valence-corrected chi connectivity index (χ4v) is 2.59. The van der Waals surface area contributed by atoms with Crippen molar-refractivity contribution in [2.24, 2.45) is 0 Å². The predicted molar refractivity (Wildman–Crippen MR) is 72.3 cm³/mol. The summed E-state index contributed by atoms with van der Waals surface area (Å²) in [5, 5.41) is 8.86. The van der Waals surface area contributed by atoms with Crippen molar-refractivity contribution in [1.82, 2.24) is 4.90 Å². The van der Waals surface area contributed by atoms with Gasteiger partial charge in [-0.1, -0.05) is 11.6 Å². The van der Waals surface area contributed by atoms with Crippen LogP contribution in [0.15, 0.2) is 18.2 Å². The number of hydrogen-bond acceptors (Lipinski definition) is 2. The quantitative estimate of drug-likeness (QED) is 0.933. The highest BCUT2D eigenvalue weighted by molar-refractivity contribution is 6.30. The maximum Gasteiger partial charge on any atom is 0.305 e. The lowest BCUT2D eigenvalue weighted by molar-refractivity contribution is -0.138. The van der Waals surface area contributed by atoms with Crippen LogP contribution in [0.25, 0.3) is 0 Å². The second-order valence-electron chi connectivity index (χ2n) is 4.87. The number of halogens is 2. The molecule has 1 fully saturated rings. The van der Waals surface area contributed by atoms with Crippen molar-refractivity contribution in [3.05, 3.63) is 34.6 Å². The van der Waals surface area contributed by atoms with Crippen LogP contribution in [0.2, 0.25) is 5.02 Å². The second kappa shape index (κ2) is 6.22. The maximum absolute atomic E-state index is 13.4. The molecule has 1 amide bonds. The number of rotatable bonds is 3. The van der Waals surface area contributed by atoms with Gasteiger partial charge in [0.1, 0.15) is 5.82 Å². The zero-order chi connectivity index (χ0) is 14.7. The molecule has 0 spiro atoms. The third kappa shape index (κ3) is 3.28. The first-order chi connectivity index (χ1) is 9.49. The van der Waals surface area contributed by atoms with Crippen LogP contribution in [-0.4, -0.2) is 34.5 Å². The minimum absolute atomic E-state index is 0.0396. The van der Waals surface area contributed by atoms with Gasteiger partial charge in [-0.05, 0) is 37.5 Å². The van der Waals surface area contributed by atoms with E-state index in [2.05, 4.69) is 0 Å². The molecule has 6 heteroatoms. The second-order valence-corrected chi connectivity index (χ2v) is 5.28. The maximum atomic E-state index is 13.4. The Hall–Kier alpha value is -1.62. The molecule has 4 nitrogen and oxygen atoms in total. The van der Waals surface area contributed by atoms with E-state index in [1.54, 1.807) is 0 Å². The Balaban J connectivity index is 2.20. The summed E-state index contributed by atoms with van der Waals surface area (Å²) < 4.78 is 13.4. The van der Waals surface area contributed by atoms with Gasteiger partial charge in [0.05, 0.1) is 11.4 Å². The van der Waals surface area contributed by atoms with E-state index in [1.807, 2.05) is 0 Å². The molecule has 1 atom stereocenters. The molecule has 108 valence electrons. The summed E-state index contributed by atoms with van der Waals surface area (Å²) in [5.74, 6) is -1.92. The molecule has 0 aromatic heterocycles. The molecule has 0 aliphatic carbocycles. The van der Waals surface area contributed by atoms with E-state index < -0.39 is 11.8 Å². The van der Waals surface area contributed by atoms with E-state index in [0.717, 1.165) is 18.9 Å². The summed E-state index contributed by atoms with van der Waals surface area (Å²) in [6.45, 7) is 0.501. The Kier molecular flexibility index (Phi) is 4.60. The van der Waals surface area contributed by atoms with E-state index in [0.29, 0.717) is 13.0 Å². The Bertz CT molecular complexity index is 535. The van der Waals surface area contributed by atoms with Crippen LogP contribution in [0.5, 0.6) is 0 Å². The Morgan fingerprint density at radius 2 is 2.15 bits per heavy atom. The van der Waals surface area contributed by atoms with Gasteiger partial charge in [0, 0.05) is 18.2 Å². The van der Waals surface area contributed by atoms with Gasteiger partial charge in [0.15, 0.2) is 0 Å². The number of hydrogen-bond donors (Lipinski definition) is 1. The normalized spacial score (nSPS) is 18.9. The molecular formula is C14H15ClFNO3. The number of carbonyl (C=O) groups excluding carboxylic acids is 1. The zero-order valence-electron chi connectivity index (χ0n) is 10.8. The largest absolute Gasteiger partial charge is 0.481 e. The third-order valence-corrected chi connectivity index (χ3v) is 3.77. The fourth-order valence-electron chi connectivity index (χ4n) is 2.48. The lowest BCUT2D eigenvalue weighted by Gasteiger charge is -2.35. The van der Waals surface area contributed by atoms with Gasteiger partial charge in [0.2, 0.25) is 0 Å². The molecule has 1 aliphatic rings. The van der Waals surface area contributed by atoms with Crippen molar-refractivity contribution < 1.29 is 19.1 Å². The molecule has 1 saturated heterocycles. The van der Waals surface area contributed by atoms with Crippen molar-refractivity contribution in [3.8, 4) is 0 Å². The number of benzene rings is 1. The molecule has 0 bridgehead atoms. The average Bonchev–Trinajstić information content (AvgIpc) is 2.41. The summed E-state index contributed by atoms with van der Waals surface area (Å²) in [4.78, 5) is 24.8. The average molecular weight is 300 g/mol. The summed E-state index contributed by atoms with van der Waals surface area (Å²) in [5.41, 5.74) is 0.198. The predicted octanol–water partition coefficient (Wildman–Crippen LogP) is 2.95. The first-order valence-electron chi connectivity index (χ1n) is 6.47. The van der Waals surface area contributed by atoms with Crippen molar-refractivity contribution in [1.29, 1.82) is 0 Å². The molecule has 0 radical (unpaired) electrons. The Morgan fingerprint density at radius 3 is 2.80 bits per heavy atom. The van der Waals surface area contributed by atoms with Gasteiger partial charge in [0.25, 0.3) is 5.91 Å². The van der Waals surface area contributed by atoms with Gasteiger partial charge >= 0.3 is 5.97 Å². The van der Waals surface area contributed by atoms with E-state index in [4.69, 9.17) is 16.7 Å². The van der Waals surface area contributed by atoms with E-state index >= 15 is 0 Å². The highest BCUT2D eigenvalue weighted by Gasteiger charge is 2.29. The van der Waals surface area contributed by atoms with Gasteiger partial charge in [-0.15, -0.1) is 0 Å². The third-order valence-electron chi connectivity index (χ3n) is 3.46. The topological polar surface area (TPSA) is 57.6 Å². The zero-order valence-corrected chi connectivity index (χ0v) is 11.6. The van der Waals surface area contributed by atoms with Gasteiger partial charge in [-0.3, -0.25) is 9.59 Å². The van der Waals surface area contributed by atoms with E-state index in [-0.39, 0.29) is 29.0 Å². The van der Waals surface area contributed by atoms with Gasteiger partial charge in [-0.2, -0.15) is 0 Å². The lowest BCUT2D eigenvalue weighted by Crippen LogP contribution is -2.44. The van der Waals surface area contributed by atoms with Crippen LogP contribution in [0.4, 0.5) is 4.39 Å². The van der Waals surface area contributed by atoms with Crippen molar-refractivity contribution in [3.63, 3.8) is 0 Å². The van der Waals surface area contributed by atoms with Crippen molar-refractivity contribution in [2.75, 3.05) is 6.54 Å². The number of amides is 1. The summed E-state index contributed by atoms with van der Waals surface area (Å²) in [6, 6.07) is 3.56. The molecule has 1 heterocycles. The number of aliphatic carboxylic acids is 1. The summed E-state index contributed by atoms with van der Waals surface area (Å²) in [7, 11) is 0. The number of carboxylic acids is 1. The minimum atomic E-state index is -0.933. The number of likely N-dealkylation sites (tertiary alicyclic amines) is 1. The molecule has 1 aromatic carbocycles. The monoisotopic (exact) mass is 299 g/mol. The molecule has 1 N–H and O–H groups in total. The Morgan fingerprint density at radius 1 is 1.40 bits per heavy atom.